The van der Waals surface area contributed by atoms with Gasteiger partial charge in [-0.05, 0) is 187 Å². The Hall–Kier alpha value is -5.17. The van der Waals surface area contributed by atoms with E-state index in [1.807, 2.05) is 96.3 Å². The number of rotatable bonds is 8. The van der Waals surface area contributed by atoms with E-state index in [1.54, 1.807) is 48.0 Å². The maximum absolute atomic E-state index is 9.17. The second-order valence-corrected chi connectivity index (χ2v) is 19.2. The average Bonchev–Trinajstić information content (AvgIpc) is 4.05. The standard InChI is InChI=1S/C14H21N.C12H17NO.C10H12S.C9H10OS.C7H5N.C6H6O/c1-13-7-5-11-15(13)12-6-10-14-8-3-2-4-9-14;1-2-6-12(7-3-1)14-11-10-13-8-4-5-9-13;1-8-4-5-9-3-2-6-11-10(9)7-8;10-8-4-3-7-2-1-5-11-9(7)6-8;8-6-7-4-2-1-3-5-7;7-6-4-2-1-3-5-6/h2-4,8-9,13H,5-7,10-12H2,1H3;1-3,6-7H,4-5,8-11H2;4-5,7H,2-3,6H2,1H3;3-4,6,10H,1-2,5H2;1-5H;1-5,7H. The highest BCUT2D eigenvalue weighted by atomic mass is 32.2. The molecular formula is C58H71N3O3S2. The molecule has 1 atom stereocenters. The number of para-hydroxylation sites is 2. The zero-order valence-electron chi connectivity index (χ0n) is 39.3. The van der Waals surface area contributed by atoms with E-state index in [9.17, 15) is 5.11 Å². The van der Waals surface area contributed by atoms with Crippen LogP contribution < -0.4 is 4.74 Å². The topological polar surface area (TPSA) is 80.0 Å². The molecule has 2 fully saturated rings. The van der Waals surface area contributed by atoms with Crippen LogP contribution in [0.2, 0.25) is 0 Å². The van der Waals surface area contributed by atoms with Gasteiger partial charge in [0.25, 0.3) is 0 Å². The van der Waals surface area contributed by atoms with Crippen molar-refractivity contribution in [1.82, 2.24) is 9.80 Å². The number of ether oxygens (including phenoxy) is 1. The normalized spacial score (nSPS) is 15.9. The number of likely N-dealkylation sites (tertiary alicyclic amines) is 2. The van der Waals surface area contributed by atoms with Gasteiger partial charge in [0.2, 0.25) is 0 Å². The molecule has 4 aliphatic rings. The predicted octanol–water partition coefficient (Wildman–Crippen LogP) is 13.7. The number of aromatic hydroxyl groups is 2. The lowest BCUT2D eigenvalue weighted by atomic mass is 10.1. The highest BCUT2D eigenvalue weighted by Gasteiger charge is 2.19. The van der Waals surface area contributed by atoms with Crippen molar-refractivity contribution in [1.29, 1.82) is 5.26 Å². The zero-order valence-corrected chi connectivity index (χ0v) is 40.9. The Morgan fingerprint density at radius 2 is 1.20 bits per heavy atom. The molecule has 66 heavy (non-hydrogen) atoms. The van der Waals surface area contributed by atoms with Crippen molar-refractivity contribution in [3.05, 3.63) is 186 Å². The Kier molecular flexibility index (Phi) is 24.3. The Labute approximate surface area is 405 Å². The van der Waals surface area contributed by atoms with Crippen molar-refractivity contribution in [2.45, 2.75) is 93.9 Å². The lowest BCUT2D eigenvalue weighted by Crippen LogP contribution is -2.28. The highest BCUT2D eigenvalue weighted by Crippen LogP contribution is 2.32. The van der Waals surface area contributed by atoms with Gasteiger partial charge in [-0.2, -0.15) is 5.26 Å². The van der Waals surface area contributed by atoms with Crippen LogP contribution in [0.1, 0.15) is 79.7 Å². The third-order valence-electron chi connectivity index (χ3n) is 11.7. The largest absolute Gasteiger partial charge is 0.508 e. The molecule has 0 aliphatic carbocycles. The van der Waals surface area contributed by atoms with Gasteiger partial charge in [0.05, 0.1) is 11.6 Å². The molecule has 0 spiro atoms. The van der Waals surface area contributed by atoms with Gasteiger partial charge in [0.1, 0.15) is 23.9 Å². The molecule has 0 amide bonds. The molecule has 2 saturated heterocycles. The molecule has 6 nitrogen and oxygen atoms in total. The van der Waals surface area contributed by atoms with E-state index in [0.29, 0.717) is 17.1 Å². The lowest BCUT2D eigenvalue weighted by molar-refractivity contribution is 0.238. The second kappa shape index (κ2) is 30.9. The van der Waals surface area contributed by atoms with Gasteiger partial charge in [0.15, 0.2) is 0 Å². The number of nitrogens with zero attached hydrogens (tertiary/aromatic N) is 3. The molecule has 348 valence electrons. The van der Waals surface area contributed by atoms with E-state index in [1.165, 1.54) is 128 Å². The fourth-order valence-electron chi connectivity index (χ4n) is 7.99. The maximum atomic E-state index is 9.17. The minimum Gasteiger partial charge on any atom is -0.508 e. The summed E-state index contributed by atoms with van der Waals surface area (Å²) in [6, 6.07) is 54.0. The number of phenols is 2. The van der Waals surface area contributed by atoms with Crippen LogP contribution in [0.4, 0.5) is 0 Å². The second-order valence-electron chi connectivity index (χ2n) is 16.9. The lowest BCUT2D eigenvalue weighted by Gasteiger charge is -2.20. The van der Waals surface area contributed by atoms with Crippen molar-refractivity contribution in [3.8, 4) is 23.3 Å². The quantitative estimate of drug-likeness (QED) is 0.156. The van der Waals surface area contributed by atoms with Crippen molar-refractivity contribution in [2.75, 3.05) is 50.8 Å². The third kappa shape index (κ3) is 20.6. The summed E-state index contributed by atoms with van der Waals surface area (Å²) in [4.78, 5) is 7.86. The summed E-state index contributed by atoms with van der Waals surface area (Å²) < 4.78 is 5.63. The number of benzene rings is 6. The number of aryl methyl sites for hydroxylation is 4. The Morgan fingerprint density at radius 1 is 0.621 bits per heavy atom. The third-order valence-corrected chi connectivity index (χ3v) is 14.1. The summed E-state index contributed by atoms with van der Waals surface area (Å²) in [5, 5.41) is 26.1. The van der Waals surface area contributed by atoms with Gasteiger partial charge in [0, 0.05) is 22.4 Å². The van der Waals surface area contributed by atoms with E-state index in [-0.39, 0.29) is 0 Å². The summed E-state index contributed by atoms with van der Waals surface area (Å²) in [7, 11) is 0. The molecule has 4 heterocycles. The number of hydrogen-bond acceptors (Lipinski definition) is 8. The first-order valence-corrected chi connectivity index (χ1v) is 25.9. The van der Waals surface area contributed by atoms with Crippen LogP contribution in [0, 0.1) is 18.3 Å². The Morgan fingerprint density at radius 3 is 1.76 bits per heavy atom. The van der Waals surface area contributed by atoms with Crippen molar-refractivity contribution in [2.24, 2.45) is 0 Å². The number of phenolic OH excluding ortho intramolecular Hbond substituents is 2. The van der Waals surface area contributed by atoms with E-state index < -0.39 is 0 Å². The molecule has 6 aromatic carbocycles. The number of hydrogen-bond donors (Lipinski definition) is 2. The first-order valence-electron chi connectivity index (χ1n) is 23.9. The van der Waals surface area contributed by atoms with Crippen molar-refractivity contribution in [3.63, 3.8) is 0 Å². The van der Waals surface area contributed by atoms with E-state index in [0.717, 1.165) is 24.9 Å². The van der Waals surface area contributed by atoms with Crippen LogP contribution in [0.5, 0.6) is 17.2 Å². The molecule has 4 aliphatic heterocycles. The number of fused-ring (bicyclic) bond motifs is 2. The predicted molar refractivity (Wildman–Crippen MR) is 279 cm³/mol. The van der Waals surface area contributed by atoms with Crippen LogP contribution in [-0.2, 0) is 19.3 Å². The van der Waals surface area contributed by atoms with Crippen molar-refractivity contribution < 1.29 is 14.9 Å². The molecule has 0 bridgehead atoms. The molecule has 2 N–H and O–H groups in total. The molecule has 6 aromatic rings. The summed E-state index contributed by atoms with van der Waals surface area (Å²) in [6.45, 7) is 11.5. The van der Waals surface area contributed by atoms with Gasteiger partial charge in [-0.15, -0.1) is 23.5 Å². The van der Waals surface area contributed by atoms with Gasteiger partial charge in [-0.25, -0.2) is 0 Å². The summed E-state index contributed by atoms with van der Waals surface area (Å²) in [6.07, 6.45) is 13.1. The molecule has 0 radical (unpaired) electrons. The van der Waals surface area contributed by atoms with Crippen LogP contribution in [-0.4, -0.2) is 76.9 Å². The summed E-state index contributed by atoms with van der Waals surface area (Å²) >= 11 is 3.85. The monoisotopic (exact) mass is 921 g/mol. The fourth-order valence-corrected chi connectivity index (χ4v) is 10.2. The first-order chi connectivity index (χ1) is 32.4. The number of thioether (sulfide) groups is 2. The Balaban J connectivity index is 0.000000151. The average molecular weight is 922 g/mol. The molecule has 10 rings (SSSR count). The first kappa shape index (κ1) is 51.8. The van der Waals surface area contributed by atoms with Crippen LogP contribution in [0.3, 0.4) is 0 Å². The zero-order chi connectivity index (χ0) is 46.4. The van der Waals surface area contributed by atoms with E-state index in [2.05, 4.69) is 72.2 Å². The SMILES string of the molecule is CC1CCCN1CCCc1ccccc1.Cc1ccc2c(c1)SCCC2.N#Cc1ccccc1.Oc1ccc2c(c1)SCCC2.Oc1ccccc1.c1ccc(OCCN2CCCC2)cc1. The van der Waals surface area contributed by atoms with Crippen LogP contribution in [0.25, 0.3) is 0 Å². The van der Waals surface area contributed by atoms with E-state index in [4.69, 9.17) is 15.1 Å². The van der Waals surface area contributed by atoms with Crippen LogP contribution >= 0.6 is 23.5 Å². The van der Waals surface area contributed by atoms with Gasteiger partial charge in [-0.3, -0.25) is 4.90 Å². The molecule has 8 heteroatoms. The summed E-state index contributed by atoms with van der Waals surface area (Å²) in [5.41, 5.74) is 6.51. The van der Waals surface area contributed by atoms with Gasteiger partial charge >= 0.3 is 0 Å². The van der Waals surface area contributed by atoms with Gasteiger partial charge < -0.3 is 19.8 Å². The van der Waals surface area contributed by atoms with E-state index >= 15 is 0 Å². The fraction of sp³-hybridized carbons (Fsp3) is 0.362. The molecular weight excluding hydrogens is 851 g/mol. The Bertz CT molecular complexity index is 2180. The van der Waals surface area contributed by atoms with Gasteiger partial charge in [-0.1, -0.05) is 109 Å². The number of nitriles is 1. The smallest absolute Gasteiger partial charge is 0.119 e. The van der Waals surface area contributed by atoms with Crippen LogP contribution in [0.15, 0.2) is 168 Å². The molecule has 1 unspecified atom stereocenters. The summed E-state index contributed by atoms with van der Waals surface area (Å²) in [5.74, 6) is 4.18. The van der Waals surface area contributed by atoms with Crippen molar-refractivity contribution >= 4 is 23.5 Å². The molecule has 0 aromatic heterocycles. The minimum absolute atomic E-state index is 0.322. The molecule has 0 saturated carbocycles. The minimum atomic E-state index is 0.322. The highest BCUT2D eigenvalue weighted by molar-refractivity contribution is 7.99. The maximum Gasteiger partial charge on any atom is 0.119 e.